The second kappa shape index (κ2) is 9.88. The molecular weight excluding hydrogens is 230 g/mol. The predicted octanol–water partition coefficient (Wildman–Crippen LogP) is 1.66. The second-order valence-electron chi connectivity index (χ2n) is 4.19. The molecule has 0 aromatic heterocycles. The molecule has 1 rings (SSSR count). The average Bonchev–Trinajstić information content (AvgIpc) is 2.37. The van der Waals surface area contributed by atoms with Gasteiger partial charge in [0.1, 0.15) is 12.4 Å². The lowest BCUT2D eigenvalue weighted by atomic mass is 10.3. The molecule has 0 amide bonds. The van der Waals surface area contributed by atoms with Crippen LogP contribution in [-0.4, -0.2) is 58.6 Å². The molecule has 4 nitrogen and oxygen atoms in total. The lowest BCUT2D eigenvalue weighted by Gasteiger charge is -2.10. The van der Waals surface area contributed by atoms with Gasteiger partial charge in [-0.2, -0.15) is 0 Å². The van der Waals surface area contributed by atoms with Crippen molar-refractivity contribution in [3.8, 4) is 5.75 Å². The Hall–Kier alpha value is -1.10. The minimum absolute atomic E-state index is 0.571. The van der Waals surface area contributed by atoms with E-state index in [0.29, 0.717) is 26.4 Å². The van der Waals surface area contributed by atoms with Gasteiger partial charge in [0.15, 0.2) is 0 Å². The highest BCUT2D eigenvalue weighted by Gasteiger charge is 1.93. The highest BCUT2D eigenvalue weighted by molar-refractivity contribution is 5.20. The third-order valence-electron chi connectivity index (χ3n) is 2.29. The molecule has 0 radical (unpaired) electrons. The van der Waals surface area contributed by atoms with Gasteiger partial charge in [-0.15, -0.1) is 0 Å². The normalized spacial score (nSPS) is 10.8. The molecule has 0 spiro atoms. The van der Waals surface area contributed by atoms with Crippen molar-refractivity contribution in [2.45, 2.75) is 0 Å². The highest BCUT2D eigenvalue weighted by Crippen LogP contribution is 2.07. The van der Waals surface area contributed by atoms with E-state index in [0.717, 1.165) is 18.9 Å². The fourth-order valence-electron chi connectivity index (χ4n) is 1.30. The van der Waals surface area contributed by atoms with E-state index in [1.165, 1.54) is 0 Å². The Morgan fingerprint density at radius 3 is 2.11 bits per heavy atom. The van der Waals surface area contributed by atoms with E-state index in [1.807, 2.05) is 44.4 Å². The molecule has 1 aromatic rings. The Balaban J connectivity index is 1.84. The van der Waals surface area contributed by atoms with Crippen LogP contribution in [-0.2, 0) is 9.47 Å². The Morgan fingerprint density at radius 2 is 1.44 bits per heavy atom. The summed E-state index contributed by atoms with van der Waals surface area (Å²) in [6.07, 6.45) is 0. The Bertz CT molecular complexity index is 290. The number of likely N-dealkylation sites (N-methyl/N-ethyl adjacent to an activating group) is 1. The van der Waals surface area contributed by atoms with Gasteiger partial charge < -0.3 is 19.1 Å². The van der Waals surface area contributed by atoms with Crippen molar-refractivity contribution in [3.05, 3.63) is 30.3 Å². The van der Waals surface area contributed by atoms with E-state index in [1.54, 1.807) is 0 Å². The Morgan fingerprint density at radius 1 is 0.833 bits per heavy atom. The molecule has 0 aliphatic rings. The number of rotatable bonds is 10. The Kier molecular flexibility index (Phi) is 8.21. The summed E-state index contributed by atoms with van der Waals surface area (Å²) in [5.41, 5.74) is 0. The van der Waals surface area contributed by atoms with E-state index in [2.05, 4.69) is 4.90 Å². The number of nitrogens with zero attached hydrogens (tertiary/aromatic N) is 1. The molecule has 0 heterocycles. The molecule has 0 bridgehead atoms. The van der Waals surface area contributed by atoms with Crippen molar-refractivity contribution >= 4 is 0 Å². The first kappa shape index (κ1) is 15.0. The van der Waals surface area contributed by atoms with Gasteiger partial charge >= 0.3 is 0 Å². The third kappa shape index (κ3) is 8.06. The monoisotopic (exact) mass is 253 g/mol. The van der Waals surface area contributed by atoms with Crippen LogP contribution in [0.2, 0.25) is 0 Å². The van der Waals surface area contributed by atoms with Crippen molar-refractivity contribution in [2.24, 2.45) is 0 Å². The first-order valence-electron chi connectivity index (χ1n) is 6.27. The van der Waals surface area contributed by atoms with Crippen LogP contribution in [0.15, 0.2) is 30.3 Å². The average molecular weight is 253 g/mol. The van der Waals surface area contributed by atoms with Gasteiger partial charge in [-0.05, 0) is 26.2 Å². The van der Waals surface area contributed by atoms with Gasteiger partial charge in [0, 0.05) is 6.54 Å². The lowest BCUT2D eigenvalue weighted by molar-refractivity contribution is 0.0325. The van der Waals surface area contributed by atoms with Gasteiger partial charge in [-0.3, -0.25) is 0 Å². The van der Waals surface area contributed by atoms with Gasteiger partial charge in [0.05, 0.1) is 26.4 Å². The summed E-state index contributed by atoms with van der Waals surface area (Å²) >= 11 is 0. The third-order valence-corrected chi connectivity index (χ3v) is 2.29. The summed E-state index contributed by atoms with van der Waals surface area (Å²) in [7, 11) is 4.06. The molecule has 4 heteroatoms. The SMILES string of the molecule is CN(C)CCOCCOCCOc1ccccc1. The van der Waals surface area contributed by atoms with Crippen LogP contribution in [0.4, 0.5) is 0 Å². The van der Waals surface area contributed by atoms with Gasteiger partial charge in [-0.1, -0.05) is 18.2 Å². The summed E-state index contributed by atoms with van der Waals surface area (Å²) in [6, 6.07) is 9.74. The van der Waals surface area contributed by atoms with Crippen LogP contribution in [0.25, 0.3) is 0 Å². The number of ether oxygens (including phenoxy) is 3. The smallest absolute Gasteiger partial charge is 0.119 e. The van der Waals surface area contributed by atoms with Crippen LogP contribution in [0.5, 0.6) is 5.75 Å². The molecule has 0 saturated heterocycles. The maximum absolute atomic E-state index is 5.49. The van der Waals surface area contributed by atoms with Crippen molar-refractivity contribution in [2.75, 3.05) is 53.7 Å². The maximum atomic E-state index is 5.49. The summed E-state index contributed by atoms with van der Waals surface area (Å²) < 4.78 is 16.3. The number of hydrogen-bond acceptors (Lipinski definition) is 4. The zero-order valence-corrected chi connectivity index (χ0v) is 11.3. The maximum Gasteiger partial charge on any atom is 0.119 e. The molecule has 102 valence electrons. The van der Waals surface area contributed by atoms with Crippen LogP contribution in [0, 0.1) is 0 Å². The van der Waals surface area contributed by atoms with E-state index >= 15 is 0 Å². The summed E-state index contributed by atoms with van der Waals surface area (Å²) in [5.74, 6) is 0.878. The summed E-state index contributed by atoms with van der Waals surface area (Å²) in [5, 5.41) is 0. The van der Waals surface area contributed by atoms with Crippen molar-refractivity contribution in [3.63, 3.8) is 0 Å². The molecule has 0 saturated carbocycles. The van der Waals surface area contributed by atoms with E-state index in [9.17, 15) is 0 Å². The molecule has 0 fully saturated rings. The molecule has 1 aromatic carbocycles. The fourth-order valence-corrected chi connectivity index (χ4v) is 1.30. The molecule has 0 aliphatic carbocycles. The lowest BCUT2D eigenvalue weighted by Crippen LogP contribution is -2.19. The molecule has 0 atom stereocenters. The zero-order valence-electron chi connectivity index (χ0n) is 11.3. The Labute approximate surface area is 109 Å². The minimum atomic E-state index is 0.571. The van der Waals surface area contributed by atoms with Crippen molar-refractivity contribution < 1.29 is 14.2 Å². The van der Waals surface area contributed by atoms with Gasteiger partial charge in [0.2, 0.25) is 0 Å². The molecule has 18 heavy (non-hydrogen) atoms. The zero-order chi connectivity index (χ0) is 13.1. The minimum Gasteiger partial charge on any atom is -0.491 e. The predicted molar refractivity (Wildman–Crippen MR) is 72.1 cm³/mol. The molecule has 0 N–H and O–H groups in total. The van der Waals surface area contributed by atoms with Gasteiger partial charge in [-0.25, -0.2) is 0 Å². The van der Waals surface area contributed by atoms with Crippen molar-refractivity contribution in [1.82, 2.24) is 4.90 Å². The van der Waals surface area contributed by atoms with E-state index < -0.39 is 0 Å². The topological polar surface area (TPSA) is 30.9 Å². The number of benzene rings is 1. The van der Waals surface area contributed by atoms with Gasteiger partial charge in [0.25, 0.3) is 0 Å². The van der Waals surface area contributed by atoms with Crippen LogP contribution >= 0.6 is 0 Å². The summed E-state index contributed by atoms with van der Waals surface area (Å²) in [6.45, 7) is 4.10. The van der Waals surface area contributed by atoms with E-state index in [4.69, 9.17) is 14.2 Å². The number of hydrogen-bond donors (Lipinski definition) is 0. The second-order valence-corrected chi connectivity index (χ2v) is 4.19. The summed E-state index contributed by atoms with van der Waals surface area (Å²) in [4.78, 5) is 2.09. The van der Waals surface area contributed by atoms with Crippen LogP contribution in [0.3, 0.4) is 0 Å². The van der Waals surface area contributed by atoms with Crippen LogP contribution in [0.1, 0.15) is 0 Å². The van der Waals surface area contributed by atoms with Crippen molar-refractivity contribution in [1.29, 1.82) is 0 Å². The first-order chi connectivity index (χ1) is 8.79. The largest absolute Gasteiger partial charge is 0.491 e. The highest BCUT2D eigenvalue weighted by atomic mass is 16.5. The van der Waals surface area contributed by atoms with E-state index in [-0.39, 0.29) is 0 Å². The molecule has 0 unspecified atom stereocenters. The molecular formula is C14H23NO3. The number of para-hydroxylation sites is 1. The first-order valence-corrected chi connectivity index (χ1v) is 6.27. The standard InChI is InChI=1S/C14H23NO3/c1-15(2)8-9-16-10-11-17-12-13-18-14-6-4-3-5-7-14/h3-7H,8-13H2,1-2H3. The van der Waals surface area contributed by atoms with Crippen LogP contribution < -0.4 is 4.74 Å². The fraction of sp³-hybridized carbons (Fsp3) is 0.571. The molecule has 0 aliphatic heterocycles. The quantitative estimate of drug-likeness (QED) is 0.593.